The van der Waals surface area contributed by atoms with E-state index >= 15 is 0 Å². The molecule has 0 spiro atoms. The molecule has 0 aliphatic rings. The standard InChI is InChI=1S/C15H18FN3O2/c1-4-21-15(20)14(13-9-17-19(3)10(13)2)18-12-7-5-6-11(16)8-12/h5-9,14,18H,4H2,1-3H3. The van der Waals surface area contributed by atoms with Crippen LogP contribution in [0.1, 0.15) is 24.2 Å². The van der Waals surface area contributed by atoms with Crippen LogP contribution < -0.4 is 5.32 Å². The van der Waals surface area contributed by atoms with Crippen LogP contribution in [0.25, 0.3) is 0 Å². The molecule has 1 N–H and O–H groups in total. The van der Waals surface area contributed by atoms with Crippen LogP contribution in [0.5, 0.6) is 0 Å². The number of aryl methyl sites for hydroxylation is 1. The summed E-state index contributed by atoms with van der Waals surface area (Å²) in [6.07, 6.45) is 1.61. The number of aromatic nitrogens is 2. The lowest BCUT2D eigenvalue weighted by molar-refractivity contribution is -0.144. The fourth-order valence-electron chi connectivity index (χ4n) is 2.03. The normalized spacial score (nSPS) is 12.0. The molecule has 1 aromatic carbocycles. The number of nitrogens with zero attached hydrogens (tertiary/aromatic N) is 2. The van der Waals surface area contributed by atoms with E-state index in [2.05, 4.69) is 10.4 Å². The van der Waals surface area contributed by atoms with Crippen molar-refractivity contribution in [2.75, 3.05) is 11.9 Å². The molecule has 2 aromatic rings. The molecule has 112 valence electrons. The third kappa shape index (κ3) is 3.39. The van der Waals surface area contributed by atoms with Crippen LogP contribution >= 0.6 is 0 Å². The highest BCUT2D eigenvalue weighted by molar-refractivity contribution is 5.81. The molecule has 21 heavy (non-hydrogen) atoms. The van der Waals surface area contributed by atoms with E-state index in [-0.39, 0.29) is 12.4 Å². The molecule has 0 aliphatic carbocycles. The minimum Gasteiger partial charge on any atom is -0.464 e. The van der Waals surface area contributed by atoms with Crippen LogP contribution in [0.2, 0.25) is 0 Å². The van der Waals surface area contributed by atoms with Crippen molar-refractivity contribution in [2.45, 2.75) is 19.9 Å². The molecule has 2 rings (SSSR count). The number of benzene rings is 1. The number of ether oxygens (including phenoxy) is 1. The van der Waals surface area contributed by atoms with Crippen molar-refractivity contribution in [3.63, 3.8) is 0 Å². The summed E-state index contributed by atoms with van der Waals surface area (Å²) in [4.78, 5) is 12.2. The first-order valence-corrected chi connectivity index (χ1v) is 6.70. The maximum absolute atomic E-state index is 13.3. The smallest absolute Gasteiger partial charge is 0.333 e. The first kappa shape index (κ1) is 15.0. The summed E-state index contributed by atoms with van der Waals surface area (Å²) in [5, 5.41) is 7.14. The van der Waals surface area contributed by atoms with Gasteiger partial charge in [0.05, 0.1) is 12.8 Å². The number of hydrogen-bond donors (Lipinski definition) is 1. The molecule has 0 saturated carbocycles. The van der Waals surface area contributed by atoms with Crippen molar-refractivity contribution in [3.05, 3.63) is 47.5 Å². The quantitative estimate of drug-likeness (QED) is 0.860. The van der Waals surface area contributed by atoms with Gasteiger partial charge in [-0.25, -0.2) is 9.18 Å². The molecule has 1 aromatic heterocycles. The van der Waals surface area contributed by atoms with Crippen molar-refractivity contribution < 1.29 is 13.9 Å². The zero-order chi connectivity index (χ0) is 15.4. The molecule has 1 heterocycles. The molecular weight excluding hydrogens is 273 g/mol. The van der Waals surface area contributed by atoms with E-state index in [1.165, 1.54) is 12.1 Å². The third-order valence-electron chi connectivity index (χ3n) is 3.24. The lowest BCUT2D eigenvalue weighted by Gasteiger charge is -2.18. The van der Waals surface area contributed by atoms with Gasteiger partial charge in [0, 0.05) is 24.0 Å². The zero-order valence-electron chi connectivity index (χ0n) is 12.3. The molecule has 0 saturated heterocycles. The summed E-state index contributed by atoms with van der Waals surface area (Å²) < 4.78 is 20.0. The maximum Gasteiger partial charge on any atom is 0.333 e. The van der Waals surface area contributed by atoms with E-state index < -0.39 is 12.0 Å². The predicted molar refractivity (Wildman–Crippen MR) is 77.3 cm³/mol. The first-order valence-electron chi connectivity index (χ1n) is 6.70. The number of hydrogen-bond acceptors (Lipinski definition) is 4. The van der Waals surface area contributed by atoms with E-state index in [1.807, 2.05) is 6.92 Å². The van der Waals surface area contributed by atoms with Gasteiger partial charge in [-0.15, -0.1) is 0 Å². The predicted octanol–water partition coefficient (Wildman–Crippen LogP) is 2.58. The molecule has 0 radical (unpaired) electrons. The molecule has 5 nitrogen and oxygen atoms in total. The van der Waals surface area contributed by atoms with Gasteiger partial charge in [0.25, 0.3) is 0 Å². The van der Waals surface area contributed by atoms with E-state index in [4.69, 9.17) is 4.74 Å². The molecule has 0 aliphatic heterocycles. The van der Waals surface area contributed by atoms with Crippen molar-refractivity contribution in [2.24, 2.45) is 7.05 Å². The number of nitrogens with one attached hydrogen (secondary N) is 1. The van der Waals surface area contributed by atoms with Crippen molar-refractivity contribution in [3.8, 4) is 0 Å². The Morgan fingerprint density at radius 2 is 2.29 bits per heavy atom. The van der Waals surface area contributed by atoms with Gasteiger partial charge in [-0.05, 0) is 32.0 Å². The fraction of sp³-hybridized carbons (Fsp3) is 0.333. The second-order valence-corrected chi connectivity index (χ2v) is 4.65. The Labute approximate surface area is 122 Å². The second kappa shape index (κ2) is 6.39. The molecule has 0 fully saturated rings. The van der Waals surface area contributed by atoms with E-state index in [1.54, 1.807) is 37.0 Å². The Bertz CT molecular complexity index is 640. The second-order valence-electron chi connectivity index (χ2n) is 4.65. The Morgan fingerprint density at radius 3 is 2.86 bits per heavy atom. The largest absolute Gasteiger partial charge is 0.464 e. The highest BCUT2D eigenvalue weighted by atomic mass is 19.1. The van der Waals surface area contributed by atoms with Crippen LogP contribution in [0.4, 0.5) is 10.1 Å². The number of carbonyl (C=O) groups is 1. The summed E-state index contributed by atoms with van der Waals surface area (Å²) in [7, 11) is 1.79. The minimum atomic E-state index is -0.722. The van der Waals surface area contributed by atoms with Gasteiger partial charge in [-0.3, -0.25) is 4.68 Å². The molecule has 0 amide bonds. The highest BCUT2D eigenvalue weighted by Gasteiger charge is 2.25. The van der Waals surface area contributed by atoms with Crippen molar-refractivity contribution in [1.29, 1.82) is 0 Å². The average Bonchev–Trinajstić information content (AvgIpc) is 2.77. The number of carbonyl (C=O) groups excluding carboxylic acids is 1. The fourth-order valence-corrected chi connectivity index (χ4v) is 2.03. The van der Waals surface area contributed by atoms with E-state index in [9.17, 15) is 9.18 Å². The van der Waals surface area contributed by atoms with Crippen LogP contribution in [0.3, 0.4) is 0 Å². The first-order chi connectivity index (χ1) is 10.0. The summed E-state index contributed by atoms with van der Waals surface area (Å²) in [5.41, 5.74) is 2.06. The Balaban J connectivity index is 2.32. The monoisotopic (exact) mass is 291 g/mol. The molecule has 1 unspecified atom stereocenters. The lowest BCUT2D eigenvalue weighted by atomic mass is 10.1. The summed E-state index contributed by atoms with van der Waals surface area (Å²) >= 11 is 0. The van der Waals surface area contributed by atoms with Crippen LogP contribution in [-0.4, -0.2) is 22.4 Å². The minimum absolute atomic E-state index is 0.277. The molecule has 6 heteroatoms. The molecule has 1 atom stereocenters. The third-order valence-corrected chi connectivity index (χ3v) is 3.24. The molecule has 0 bridgehead atoms. The number of rotatable bonds is 5. The SMILES string of the molecule is CCOC(=O)C(Nc1cccc(F)c1)c1cnn(C)c1C. The van der Waals surface area contributed by atoms with Crippen molar-refractivity contribution >= 4 is 11.7 Å². The zero-order valence-corrected chi connectivity index (χ0v) is 12.3. The van der Waals surface area contributed by atoms with Gasteiger partial charge in [-0.2, -0.15) is 5.10 Å². The van der Waals surface area contributed by atoms with Gasteiger partial charge in [0.1, 0.15) is 5.82 Å². The Morgan fingerprint density at radius 1 is 1.52 bits per heavy atom. The van der Waals surface area contributed by atoms with Crippen LogP contribution in [0, 0.1) is 12.7 Å². The number of anilines is 1. The summed E-state index contributed by atoms with van der Waals surface area (Å²) in [6.45, 7) is 3.88. The van der Waals surface area contributed by atoms with Gasteiger partial charge in [0.15, 0.2) is 6.04 Å². The average molecular weight is 291 g/mol. The van der Waals surface area contributed by atoms with Gasteiger partial charge in [0.2, 0.25) is 0 Å². The highest BCUT2D eigenvalue weighted by Crippen LogP contribution is 2.24. The number of esters is 1. The number of halogens is 1. The van der Waals surface area contributed by atoms with Crippen LogP contribution in [-0.2, 0) is 16.6 Å². The Kier molecular flexibility index (Phi) is 4.57. The van der Waals surface area contributed by atoms with Gasteiger partial charge >= 0.3 is 5.97 Å². The molecular formula is C15H18FN3O2. The van der Waals surface area contributed by atoms with Gasteiger partial charge in [-0.1, -0.05) is 6.07 Å². The topological polar surface area (TPSA) is 56.1 Å². The summed E-state index contributed by atoms with van der Waals surface area (Å²) in [6, 6.07) is 5.23. The Hall–Kier alpha value is -2.37. The van der Waals surface area contributed by atoms with Crippen molar-refractivity contribution in [1.82, 2.24) is 9.78 Å². The van der Waals surface area contributed by atoms with E-state index in [0.29, 0.717) is 11.3 Å². The lowest BCUT2D eigenvalue weighted by Crippen LogP contribution is -2.24. The van der Waals surface area contributed by atoms with Gasteiger partial charge < -0.3 is 10.1 Å². The summed E-state index contributed by atoms with van der Waals surface area (Å²) in [5.74, 6) is -0.789. The van der Waals surface area contributed by atoms with Crippen LogP contribution in [0.15, 0.2) is 30.5 Å². The maximum atomic E-state index is 13.3. The van der Waals surface area contributed by atoms with E-state index in [0.717, 1.165) is 5.69 Å².